The predicted molar refractivity (Wildman–Crippen MR) is 85.0 cm³/mol. The van der Waals surface area contributed by atoms with Crippen molar-refractivity contribution in [1.29, 1.82) is 0 Å². The van der Waals surface area contributed by atoms with Crippen LogP contribution in [0.25, 0.3) is 0 Å². The van der Waals surface area contributed by atoms with Crippen LogP contribution in [0.15, 0.2) is 0 Å². The van der Waals surface area contributed by atoms with E-state index in [-0.39, 0.29) is 5.92 Å². The largest absolute Gasteiger partial charge is 0.383 e. The van der Waals surface area contributed by atoms with Gasteiger partial charge in [0.05, 0.1) is 6.61 Å². The number of ether oxygens (including phenoxy) is 1. The Hall–Kier alpha value is -0.0900. The van der Waals surface area contributed by atoms with Crippen LogP contribution in [0, 0.1) is 17.8 Å². The smallest absolute Gasteiger partial charge is 0.225 e. The monoisotopic (exact) mass is 345 g/mol. The minimum Gasteiger partial charge on any atom is -0.383 e. The van der Waals surface area contributed by atoms with E-state index in [1.807, 2.05) is 4.90 Å². The molecule has 20 heavy (non-hydrogen) atoms. The fourth-order valence-electron chi connectivity index (χ4n) is 3.99. The maximum absolute atomic E-state index is 12.7. The van der Waals surface area contributed by atoms with Gasteiger partial charge in [0.15, 0.2) is 0 Å². The molecule has 0 saturated heterocycles. The quantitative estimate of drug-likeness (QED) is 0.690. The summed E-state index contributed by atoms with van der Waals surface area (Å²) in [5.74, 6) is 2.37. The highest BCUT2D eigenvalue weighted by atomic mass is 79.9. The van der Waals surface area contributed by atoms with Gasteiger partial charge in [0, 0.05) is 31.4 Å². The average Bonchev–Trinajstić information content (AvgIpc) is 2.50. The van der Waals surface area contributed by atoms with Crippen LogP contribution in [0.5, 0.6) is 0 Å². The lowest BCUT2D eigenvalue weighted by Crippen LogP contribution is -2.42. The highest BCUT2D eigenvalue weighted by molar-refractivity contribution is 9.09. The van der Waals surface area contributed by atoms with Crippen molar-refractivity contribution < 1.29 is 9.53 Å². The topological polar surface area (TPSA) is 29.5 Å². The zero-order valence-electron chi connectivity index (χ0n) is 12.7. The number of alkyl halides is 1. The second-order valence-corrected chi connectivity index (χ2v) is 7.11. The summed E-state index contributed by atoms with van der Waals surface area (Å²) in [5.41, 5.74) is 0. The van der Waals surface area contributed by atoms with Gasteiger partial charge in [-0.1, -0.05) is 41.6 Å². The van der Waals surface area contributed by atoms with Crippen LogP contribution < -0.4 is 0 Å². The molecule has 0 bridgehead atoms. The van der Waals surface area contributed by atoms with Crippen LogP contribution in [-0.2, 0) is 9.53 Å². The van der Waals surface area contributed by atoms with E-state index in [9.17, 15) is 4.79 Å². The fraction of sp³-hybridized carbons (Fsp3) is 0.938. The number of rotatable bonds is 6. The Balaban J connectivity index is 1.89. The Morgan fingerprint density at radius 3 is 2.60 bits per heavy atom. The molecule has 2 rings (SSSR count). The number of fused-ring (bicyclic) bond motifs is 1. The summed E-state index contributed by atoms with van der Waals surface area (Å²) >= 11 is 3.45. The van der Waals surface area contributed by atoms with E-state index >= 15 is 0 Å². The van der Waals surface area contributed by atoms with Gasteiger partial charge in [0.2, 0.25) is 5.91 Å². The first-order valence-electron chi connectivity index (χ1n) is 8.10. The van der Waals surface area contributed by atoms with Crippen molar-refractivity contribution in [3.63, 3.8) is 0 Å². The Bertz CT molecular complexity index is 311. The number of amides is 1. The Kier molecular flexibility index (Phi) is 6.82. The van der Waals surface area contributed by atoms with Crippen LogP contribution in [0.1, 0.15) is 44.9 Å². The summed E-state index contributed by atoms with van der Waals surface area (Å²) in [7, 11) is 1.70. The van der Waals surface area contributed by atoms with E-state index in [1.54, 1.807) is 7.11 Å². The first kappa shape index (κ1) is 16.3. The first-order valence-corrected chi connectivity index (χ1v) is 9.22. The van der Waals surface area contributed by atoms with Crippen molar-refractivity contribution in [2.45, 2.75) is 44.9 Å². The lowest BCUT2D eigenvalue weighted by molar-refractivity contribution is -0.138. The zero-order valence-corrected chi connectivity index (χ0v) is 14.2. The summed E-state index contributed by atoms with van der Waals surface area (Å²) in [5, 5.41) is 0.848. The van der Waals surface area contributed by atoms with Crippen LogP contribution in [0.2, 0.25) is 0 Å². The summed E-state index contributed by atoms with van der Waals surface area (Å²) in [6.45, 7) is 2.16. The molecule has 2 aliphatic rings. The minimum absolute atomic E-state index is 0.269. The van der Waals surface area contributed by atoms with Gasteiger partial charge in [-0.15, -0.1) is 0 Å². The highest BCUT2D eigenvalue weighted by Crippen LogP contribution is 2.43. The Labute approximate surface area is 131 Å². The van der Waals surface area contributed by atoms with Crippen LogP contribution in [0.3, 0.4) is 0 Å². The van der Waals surface area contributed by atoms with E-state index in [1.165, 1.54) is 32.1 Å². The molecule has 1 amide bonds. The molecule has 0 spiro atoms. The van der Waals surface area contributed by atoms with Crippen LogP contribution in [-0.4, -0.2) is 42.9 Å². The molecular formula is C16H28BrNO2. The van der Waals surface area contributed by atoms with E-state index in [0.29, 0.717) is 12.5 Å². The molecule has 4 heteroatoms. The van der Waals surface area contributed by atoms with Gasteiger partial charge < -0.3 is 9.64 Å². The van der Waals surface area contributed by atoms with Gasteiger partial charge in [-0.05, 0) is 31.1 Å². The molecule has 0 aromatic carbocycles. The van der Waals surface area contributed by atoms with E-state index in [2.05, 4.69) is 15.9 Å². The molecule has 0 radical (unpaired) electrons. The molecule has 0 N–H and O–H groups in total. The average molecular weight is 346 g/mol. The number of hydrogen-bond acceptors (Lipinski definition) is 2. The zero-order chi connectivity index (χ0) is 14.4. The summed E-state index contributed by atoms with van der Waals surface area (Å²) in [4.78, 5) is 14.7. The first-order chi connectivity index (χ1) is 9.76. The van der Waals surface area contributed by atoms with Gasteiger partial charge in [0.1, 0.15) is 0 Å². The van der Waals surface area contributed by atoms with Gasteiger partial charge >= 0.3 is 0 Å². The van der Waals surface area contributed by atoms with Gasteiger partial charge in [0.25, 0.3) is 0 Å². The molecular weight excluding hydrogens is 318 g/mol. The van der Waals surface area contributed by atoms with Crippen molar-refractivity contribution in [1.82, 2.24) is 4.90 Å². The highest BCUT2D eigenvalue weighted by Gasteiger charge is 2.36. The lowest BCUT2D eigenvalue weighted by atomic mass is 9.67. The van der Waals surface area contributed by atoms with Gasteiger partial charge in [-0.2, -0.15) is 0 Å². The summed E-state index contributed by atoms with van der Waals surface area (Å²) in [6, 6.07) is 0. The molecule has 2 aliphatic carbocycles. The molecule has 3 unspecified atom stereocenters. The molecule has 0 aliphatic heterocycles. The molecule has 2 fully saturated rings. The molecule has 116 valence electrons. The van der Waals surface area contributed by atoms with Gasteiger partial charge in [-0.25, -0.2) is 0 Å². The van der Waals surface area contributed by atoms with E-state index < -0.39 is 0 Å². The number of carbonyl (C=O) groups excluding carboxylic acids is 1. The van der Waals surface area contributed by atoms with E-state index in [4.69, 9.17) is 4.74 Å². The van der Waals surface area contributed by atoms with Gasteiger partial charge in [-0.3, -0.25) is 4.79 Å². The van der Waals surface area contributed by atoms with Crippen molar-refractivity contribution >= 4 is 21.8 Å². The lowest BCUT2D eigenvalue weighted by Gasteiger charge is -2.40. The Morgan fingerprint density at radius 1 is 1.15 bits per heavy atom. The van der Waals surface area contributed by atoms with Crippen LogP contribution >= 0.6 is 15.9 Å². The molecule has 2 saturated carbocycles. The number of hydrogen-bond donors (Lipinski definition) is 0. The minimum atomic E-state index is 0.269. The van der Waals surface area contributed by atoms with Crippen molar-refractivity contribution in [2.24, 2.45) is 17.8 Å². The maximum Gasteiger partial charge on any atom is 0.225 e. The molecule has 0 aromatic rings. The third-order valence-electron chi connectivity index (χ3n) is 5.12. The van der Waals surface area contributed by atoms with Crippen molar-refractivity contribution in [3.8, 4) is 0 Å². The van der Waals surface area contributed by atoms with Crippen LogP contribution in [0.4, 0.5) is 0 Å². The SMILES string of the molecule is COCCN(CCBr)C(=O)C1CCC2CCCCC2C1. The summed E-state index contributed by atoms with van der Waals surface area (Å²) in [6.07, 6.45) is 9.04. The second-order valence-electron chi connectivity index (χ2n) is 6.32. The normalized spacial score (nSPS) is 29.8. The maximum atomic E-state index is 12.7. The third kappa shape index (κ3) is 4.20. The second kappa shape index (κ2) is 8.38. The number of methoxy groups -OCH3 is 1. The molecule has 0 aromatic heterocycles. The molecule has 3 atom stereocenters. The Morgan fingerprint density at radius 2 is 1.90 bits per heavy atom. The number of halogens is 1. The third-order valence-corrected chi connectivity index (χ3v) is 5.47. The van der Waals surface area contributed by atoms with E-state index in [0.717, 1.165) is 43.1 Å². The standard InChI is InChI=1S/C16H28BrNO2/c1-20-11-10-18(9-8-17)16(19)15-7-6-13-4-2-3-5-14(13)12-15/h13-15H,2-12H2,1H3. The molecule has 0 heterocycles. The molecule has 3 nitrogen and oxygen atoms in total. The number of nitrogens with zero attached hydrogens (tertiary/aromatic N) is 1. The summed E-state index contributed by atoms with van der Waals surface area (Å²) < 4.78 is 5.13. The van der Waals surface area contributed by atoms with Crippen molar-refractivity contribution in [3.05, 3.63) is 0 Å². The number of carbonyl (C=O) groups is 1. The fourth-order valence-corrected chi connectivity index (χ4v) is 4.42. The predicted octanol–water partition coefficient (Wildman–Crippen LogP) is 3.46. The van der Waals surface area contributed by atoms with Crippen molar-refractivity contribution in [2.75, 3.05) is 32.1 Å².